The molecule has 1 aliphatic heterocycles. The summed E-state index contributed by atoms with van der Waals surface area (Å²) in [6.07, 6.45) is -5.61. The lowest BCUT2D eigenvalue weighted by atomic mass is 10.0. The molecule has 10 heteroatoms. The number of aliphatic hydroxyl groups excluding tert-OH is 1. The number of esters is 1. The van der Waals surface area contributed by atoms with Crippen LogP contribution < -0.4 is 9.64 Å². The molecule has 1 fully saturated rings. The van der Waals surface area contributed by atoms with Gasteiger partial charge < -0.3 is 14.6 Å². The molecule has 1 atom stereocenters. The van der Waals surface area contributed by atoms with Crippen LogP contribution in [0.3, 0.4) is 0 Å². The number of urea groups is 1. The van der Waals surface area contributed by atoms with Crippen LogP contribution in [0.5, 0.6) is 5.75 Å². The highest BCUT2D eigenvalue weighted by Gasteiger charge is 2.38. The number of nitrogens with zero attached hydrogens (tertiary/aromatic N) is 2. The normalized spacial score (nSPS) is 16.6. The van der Waals surface area contributed by atoms with Crippen molar-refractivity contribution >= 4 is 17.7 Å². The first-order valence-electron chi connectivity index (χ1n) is 11.1. The van der Waals surface area contributed by atoms with Gasteiger partial charge in [0.1, 0.15) is 12.0 Å². The van der Waals surface area contributed by atoms with Crippen molar-refractivity contribution in [3.05, 3.63) is 58.7 Å². The number of amides is 2. The average Bonchev–Trinajstić information content (AvgIpc) is 3.04. The lowest BCUT2D eigenvalue weighted by Gasteiger charge is -2.27. The van der Waals surface area contributed by atoms with E-state index in [1.807, 2.05) is 13.8 Å². The molecule has 1 heterocycles. The minimum absolute atomic E-state index is 0.0723. The number of anilines is 1. The lowest BCUT2D eigenvalue weighted by molar-refractivity contribution is -0.158. The standard InChI is InChI=1S/C25H29F3N2O5/c1-6-34-22(32)24(4,5)35-21-15(2)11-17(12-16(21)3)13-30-20(31)14-29(23(30)33)19-9-7-18(8-10-19)25(26,27)28/h7-12,20,31H,6,13-14H2,1-5H3. The summed E-state index contributed by atoms with van der Waals surface area (Å²) in [5.74, 6) is 0.0310. The molecule has 35 heavy (non-hydrogen) atoms. The Morgan fingerprint density at radius 1 is 1.11 bits per heavy atom. The summed E-state index contributed by atoms with van der Waals surface area (Å²) in [6, 6.07) is 7.30. The van der Waals surface area contributed by atoms with E-state index < -0.39 is 35.6 Å². The molecular formula is C25H29F3N2O5. The van der Waals surface area contributed by atoms with Gasteiger partial charge in [0.15, 0.2) is 5.60 Å². The number of halogens is 3. The number of β-amino-alcohol motifs (C(OH)–C–C–N with tert-alkyl or cyclic N) is 1. The number of alkyl halides is 3. The van der Waals surface area contributed by atoms with Crippen LogP contribution in [0.4, 0.5) is 23.7 Å². The summed E-state index contributed by atoms with van der Waals surface area (Å²) < 4.78 is 49.5. The summed E-state index contributed by atoms with van der Waals surface area (Å²) in [7, 11) is 0. The van der Waals surface area contributed by atoms with Crippen molar-refractivity contribution in [1.82, 2.24) is 4.90 Å². The van der Waals surface area contributed by atoms with Gasteiger partial charge in [0.2, 0.25) is 0 Å². The molecule has 7 nitrogen and oxygen atoms in total. The summed E-state index contributed by atoms with van der Waals surface area (Å²) in [5, 5.41) is 10.5. The number of ether oxygens (including phenoxy) is 2. The summed E-state index contributed by atoms with van der Waals surface area (Å²) in [4.78, 5) is 27.6. The van der Waals surface area contributed by atoms with Crippen molar-refractivity contribution in [2.45, 2.75) is 59.2 Å². The van der Waals surface area contributed by atoms with Crippen LogP contribution in [0.1, 0.15) is 43.0 Å². The molecule has 0 aromatic heterocycles. The third kappa shape index (κ3) is 5.70. The van der Waals surface area contributed by atoms with Crippen LogP contribution >= 0.6 is 0 Å². The van der Waals surface area contributed by atoms with Crippen molar-refractivity contribution in [3.63, 3.8) is 0 Å². The van der Waals surface area contributed by atoms with Crippen LogP contribution in [-0.2, 0) is 22.3 Å². The zero-order chi connectivity index (χ0) is 26.1. The Kier molecular flexibility index (Phi) is 7.35. The molecule has 1 unspecified atom stereocenters. The fourth-order valence-electron chi connectivity index (χ4n) is 3.93. The minimum atomic E-state index is -4.48. The summed E-state index contributed by atoms with van der Waals surface area (Å²) in [5.41, 5.74) is 0.446. The maximum Gasteiger partial charge on any atom is 0.416 e. The molecule has 0 spiro atoms. The summed E-state index contributed by atoms with van der Waals surface area (Å²) in [6.45, 7) is 8.81. The van der Waals surface area contributed by atoms with Crippen molar-refractivity contribution in [2.24, 2.45) is 0 Å². The number of aliphatic hydroxyl groups is 1. The third-order valence-electron chi connectivity index (χ3n) is 5.69. The number of benzene rings is 2. The van der Waals surface area contributed by atoms with E-state index in [0.29, 0.717) is 5.75 Å². The average molecular weight is 495 g/mol. The predicted molar refractivity (Wildman–Crippen MR) is 123 cm³/mol. The predicted octanol–water partition coefficient (Wildman–Crippen LogP) is 4.80. The Bertz CT molecular complexity index is 1080. The van der Waals surface area contributed by atoms with E-state index in [-0.39, 0.29) is 25.4 Å². The molecule has 3 rings (SSSR count). The Hall–Kier alpha value is -3.27. The number of aryl methyl sites for hydroxylation is 2. The molecular weight excluding hydrogens is 465 g/mol. The molecule has 2 amide bonds. The van der Waals surface area contributed by atoms with E-state index in [1.165, 1.54) is 21.9 Å². The molecule has 0 radical (unpaired) electrons. The second kappa shape index (κ2) is 9.77. The number of rotatable bonds is 7. The molecule has 1 saturated heterocycles. The van der Waals surface area contributed by atoms with E-state index in [2.05, 4.69) is 0 Å². The lowest BCUT2D eigenvalue weighted by Crippen LogP contribution is -2.40. The van der Waals surface area contributed by atoms with Crippen molar-refractivity contribution < 1.29 is 37.3 Å². The maximum absolute atomic E-state index is 13.0. The smallest absolute Gasteiger partial charge is 0.416 e. The van der Waals surface area contributed by atoms with Gasteiger partial charge in [0, 0.05) is 5.69 Å². The van der Waals surface area contributed by atoms with Gasteiger partial charge in [-0.3, -0.25) is 9.80 Å². The van der Waals surface area contributed by atoms with Crippen LogP contribution in [-0.4, -0.2) is 47.0 Å². The first-order valence-corrected chi connectivity index (χ1v) is 11.1. The Morgan fingerprint density at radius 3 is 2.20 bits per heavy atom. The first kappa shape index (κ1) is 26.3. The molecule has 0 saturated carbocycles. The van der Waals surface area contributed by atoms with Crippen molar-refractivity contribution in [2.75, 3.05) is 18.1 Å². The fraction of sp³-hybridized carbons (Fsp3) is 0.440. The van der Waals surface area contributed by atoms with Gasteiger partial charge in [-0.1, -0.05) is 12.1 Å². The number of carbonyl (C=O) groups is 2. The second-order valence-corrected chi connectivity index (χ2v) is 8.94. The van der Waals surface area contributed by atoms with E-state index in [1.54, 1.807) is 32.9 Å². The zero-order valence-corrected chi connectivity index (χ0v) is 20.3. The van der Waals surface area contributed by atoms with Gasteiger partial charge in [-0.25, -0.2) is 9.59 Å². The highest BCUT2D eigenvalue weighted by atomic mass is 19.4. The van der Waals surface area contributed by atoms with Crippen LogP contribution in [0, 0.1) is 13.8 Å². The number of hydrogen-bond acceptors (Lipinski definition) is 5. The fourth-order valence-corrected chi connectivity index (χ4v) is 3.93. The van der Waals surface area contributed by atoms with Gasteiger partial charge in [-0.2, -0.15) is 13.2 Å². The first-order chi connectivity index (χ1) is 16.2. The van der Waals surface area contributed by atoms with Gasteiger partial charge in [-0.15, -0.1) is 0 Å². The number of hydrogen-bond donors (Lipinski definition) is 1. The molecule has 2 aromatic carbocycles. The Morgan fingerprint density at radius 2 is 1.69 bits per heavy atom. The van der Waals surface area contributed by atoms with Gasteiger partial charge in [0.05, 0.1) is 25.3 Å². The van der Waals surface area contributed by atoms with Gasteiger partial charge >= 0.3 is 18.2 Å². The van der Waals surface area contributed by atoms with Gasteiger partial charge in [0.25, 0.3) is 0 Å². The van der Waals surface area contributed by atoms with Crippen LogP contribution in [0.2, 0.25) is 0 Å². The Labute approximate surface area is 202 Å². The molecule has 2 aromatic rings. The molecule has 0 aliphatic carbocycles. The van der Waals surface area contributed by atoms with E-state index in [9.17, 15) is 27.9 Å². The van der Waals surface area contributed by atoms with E-state index >= 15 is 0 Å². The van der Waals surface area contributed by atoms with Crippen molar-refractivity contribution in [1.29, 1.82) is 0 Å². The van der Waals surface area contributed by atoms with E-state index in [0.717, 1.165) is 28.8 Å². The Balaban J connectivity index is 1.76. The maximum atomic E-state index is 13.0. The summed E-state index contributed by atoms with van der Waals surface area (Å²) >= 11 is 0. The number of carbonyl (C=O) groups excluding carboxylic acids is 2. The molecule has 190 valence electrons. The van der Waals surface area contributed by atoms with E-state index in [4.69, 9.17) is 9.47 Å². The quantitative estimate of drug-likeness (QED) is 0.560. The monoisotopic (exact) mass is 494 g/mol. The molecule has 0 bridgehead atoms. The van der Waals surface area contributed by atoms with Crippen molar-refractivity contribution in [3.8, 4) is 5.75 Å². The molecule has 1 aliphatic rings. The molecule has 1 N–H and O–H groups in total. The van der Waals surface area contributed by atoms with Gasteiger partial charge in [-0.05, 0) is 75.6 Å². The highest BCUT2D eigenvalue weighted by molar-refractivity contribution is 5.94. The third-order valence-corrected chi connectivity index (χ3v) is 5.69. The SMILES string of the molecule is CCOC(=O)C(C)(C)Oc1c(C)cc(CN2C(=O)N(c3ccc(C(F)(F)F)cc3)CC2O)cc1C. The zero-order valence-electron chi connectivity index (χ0n) is 20.3. The topological polar surface area (TPSA) is 79.3 Å². The second-order valence-electron chi connectivity index (χ2n) is 8.94. The highest BCUT2D eigenvalue weighted by Crippen LogP contribution is 2.33. The van der Waals surface area contributed by atoms with Crippen LogP contribution in [0.15, 0.2) is 36.4 Å². The largest absolute Gasteiger partial charge is 0.476 e. The van der Waals surface area contributed by atoms with Crippen LogP contribution in [0.25, 0.3) is 0 Å². The minimum Gasteiger partial charge on any atom is -0.476 e.